The summed E-state index contributed by atoms with van der Waals surface area (Å²) in [4.78, 5) is 4.04. The fourth-order valence-electron chi connectivity index (χ4n) is 2.47. The monoisotopic (exact) mass is 392 g/mol. The number of thioether (sulfide) groups is 1. The summed E-state index contributed by atoms with van der Waals surface area (Å²) in [5.41, 5.74) is 1.86. The Kier molecular flexibility index (Phi) is 6.24. The molecule has 0 bridgehead atoms. The van der Waals surface area contributed by atoms with Crippen molar-refractivity contribution in [2.24, 2.45) is 0 Å². The molecule has 2 heterocycles. The van der Waals surface area contributed by atoms with Crippen molar-refractivity contribution in [1.82, 2.24) is 19.7 Å². The lowest BCUT2D eigenvalue weighted by Gasteiger charge is -2.14. The Morgan fingerprint density at radius 2 is 2.00 bits per heavy atom. The smallest absolute Gasteiger partial charge is 0.192 e. The molecule has 3 rings (SSSR count). The van der Waals surface area contributed by atoms with Crippen molar-refractivity contribution in [3.8, 4) is 11.4 Å². The van der Waals surface area contributed by atoms with Gasteiger partial charge in [-0.3, -0.25) is 9.55 Å². The largest absolute Gasteiger partial charge is 0.383 e. The summed E-state index contributed by atoms with van der Waals surface area (Å²) in [6.07, 6.45) is 3.45. The second kappa shape index (κ2) is 8.62. The van der Waals surface area contributed by atoms with E-state index in [1.165, 1.54) is 6.07 Å². The van der Waals surface area contributed by atoms with Crippen molar-refractivity contribution in [3.63, 3.8) is 0 Å². The van der Waals surface area contributed by atoms with Crippen LogP contribution in [0.5, 0.6) is 0 Å². The molecule has 1 unspecified atom stereocenters. The zero-order valence-electron chi connectivity index (χ0n) is 14.4. The third-order valence-corrected chi connectivity index (χ3v) is 5.30. The SMILES string of the molecule is COCCn1c(SC(C)c2ccc(F)c(Cl)c2)nnc1-c1ccncc1. The third-order valence-electron chi connectivity index (χ3n) is 3.87. The van der Waals surface area contributed by atoms with E-state index in [1.807, 2.05) is 23.6 Å². The normalized spacial score (nSPS) is 12.3. The quantitative estimate of drug-likeness (QED) is 0.548. The first-order valence-corrected chi connectivity index (χ1v) is 9.30. The first kappa shape index (κ1) is 18.8. The average Bonchev–Trinajstić information content (AvgIpc) is 3.05. The number of aromatic nitrogens is 4. The van der Waals surface area contributed by atoms with Gasteiger partial charge < -0.3 is 4.74 Å². The van der Waals surface area contributed by atoms with Gasteiger partial charge in [0.2, 0.25) is 0 Å². The molecule has 8 heteroatoms. The van der Waals surface area contributed by atoms with Gasteiger partial charge in [0.25, 0.3) is 0 Å². The van der Waals surface area contributed by atoms with Gasteiger partial charge in [0.05, 0.1) is 18.2 Å². The van der Waals surface area contributed by atoms with Crippen LogP contribution in [0, 0.1) is 5.82 Å². The topological polar surface area (TPSA) is 52.8 Å². The minimum atomic E-state index is -0.421. The van der Waals surface area contributed by atoms with Gasteiger partial charge in [0.15, 0.2) is 11.0 Å². The summed E-state index contributed by atoms with van der Waals surface area (Å²) in [6.45, 7) is 3.19. The second-order valence-electron chi connectivity index (χ2n) is 5.62. The maximum Gasteiger partial charge on any atom is 0.192 e. The van der Waals surface area contributed by atoms with Crippen LogP contribution in [-0.2, 0) is 11.3 Å². The van der Waals surface area contributed by atoms with E-state index in [9.17, 15) is 4.39 Å². The van der Waals surface area contributed by atoms with Crippen LogP contribution in [0.15, 0.2) is 47.9 Å². The molecule has 26 heavy (non-hydrogen) atoms. The van der Waals surface area contributed by atoms with Crippen molar-refractivity contribution in [3.05, 3.63) is 59.1 Å². The van der Waals surface area contributed by atoms with Crippen LogP contribution >= 0.6 is 23.4 Å². The standard InChI is InChI=1S/C18H18ClFN4OS/c1-12(14-3-4-16(20)15(19)11-14)26-18-23-22-17(24(18)9-10-25-2)13-5-7-21-8-6-13/h3-8,11-12H,9-10H2,1-2H3. The van der Waals surface area contributed by atoms with Crippen molar-refractivity contribution < 1.29 is 9.13 Å². The summed E-state index contributed by atoms with van der Waals surface area (Å²) < 4.78 is 20.6. The molecule has 0 aliphatic heterocycles. The molecule has 0 aliphatic rings. The van der Waals surface area contributed by atoms with Crippen molar-refractivity contribution in [2.45, 2.75) is 23.9 Å². The van der Waals surface area contributed by atoms with Crippen LogP contribution in [0.1, 0.15) is 17.7 Å². The minimum absolute atomic E-state index is 0.0314. The van der Waals surface area contributed by atoms with Gasteiger partial charge in [-0.2, -0.15) is 0 Å². The molecule has 1 atom stereocenters. The van der Waals surface area contributed by atoms with Crippen LogP contribution in [0.2, 0.25) is 5.02 Å². The van der Waals surface area contributed by atoms with E-state index in [0.717, 1.165) is 22.1 Å². The van der Waals surface area contributed by atoms with Gasteiger partial charge in [0.1, 0.15) is 5.82 Å². The van der Waals surface area contributed by atoms with Crippen molar-refractivity contribution in [2.75, 3.05) is 13.7 Å². The number of rotatable bonds is 7. The molecule has 0 radical (unpaired) electrons. The molecule has 0 spiro atoms. The van der Waals surface area contributed by atoms with Gasteiger partial charge in [-0.05, 0) is 36.8 Å². The van der Waals surface area contributed by atoms with Crippen molar-refractivity contribution in [1.29, 1.82) is 0 Å². The van der Waals surface area contributed by atoms with Gasteiger partial charge in [-0.1, -0.05) is 29.4 Å². The number of pyridine rings is 1. The molecule has 0 N–H and O–H groups in total. The second-order valence-corrected chi connectivity index (χ2v) is 7.34. The van der Waals surface area contributed by atoms with E-state index in [-0.39, 0.29) is 10.3 Å². The highest BCUT2D eigenvalue weighted by atomic mass is 35.5. The molecule has 136 valence electrons. The summed E-state index contributed by atoms with van der Waals surface area (Å²) in [7, 11) is 1.66. The number of hydrogen-bond acceptors (Lipinski definition) is 5. The first-order chi connectivity index (χ1) is 12.6. The molecule has 3 aromatic rings. The zero-order valence-corrected chi connectivity index (χ0v) is 16.0. The molecule has 1 aromatic carbocycles. The molecular formula is C18H18ClFN4OS. The lowest BCUT2D eigenvalue weighted by Crippen LogP contribution is -2.08. The lowest BCUT2D eigenvalue weighted by molar-refractivity contribution is 0.185. The predicted octanol–water partition coefficient (Wildman–Crippen LogP) is 4.63. The molecule has 5 nitrogen and oxygen atoms in total. The number of halogens is 2. The van der Waals surface area contributed by atoms with Crippen LogP contribution in [0.3, 0.4) is 0 Å². The maximum absolute atomic E-state index is 13.4. The summed E-state index contributed by atoms with van der Waals surface area (Å²) in [6, 6.07) is 8.55. The van der Waals surface area contributed by atoms with Crippen LogP contribution in [-0.4, -0.2) is 33.5 Å². The average molecular weight is 393 g/mol. The zero-order chi connectivity index (χ0) is 18.5. The number of methoxy groups -OCH3 is 1. The van der Waals surface area contributed by atoms with Crippen LogP contribution in [0.25, 0.3) is 11.4 Å². The fourth-order valence-corrected chi connectivity index (χ4v) is 3.65. The third kappa shape index (κ3) is 4.23. The Balaban J connectivity index is 1.89. The maximum atomic E-state index is 13.4. The van der Waals surface area contributed by atoms with Gasteiger partial charge in [-0.25, -0.2) is 4.39 Å². The summed E-state index contributed by atoms with van der Waals surface area (Å²) >= 11 is 7.45. The summed E-state index contributed by atoms with van der Waals surface area (Å²) in [5.74, 6) is 0.340. The van der Waals surface area contributed by atoms with Crippen molar-refractivity contribution >= 4 is 23.4 Å². The minimum Gasteiger partial charge on any atom is -0.383 e. The van der Waals surface area contributed by atoms with Crippen LogP contribution < -0.4 is 0 Å². The highest BCUT2D eigenvalue weighted by molar-refractivity contribution is 7.99. The van der Waals surface area contributed by atoms with Gasteiger partial charge >= 0.3 is 0 Å². The van der Waals surface area contributed by atoms with Gasteiger partial charge in [0, 0.05) is 30.3 Å². The molecule has 0 saturated carbocycles. The summed E-state index contributed by atoms with van der Waals surface area (Å²) in [5, 5.41) is 9.60. The Morgan fingerprint density at radius 1 is 1.23 bits per heavy atom. The number of benzene rings is 1. The Labute approximate surface area is 160 Å². The Bertz CT molecular complexity index is 875. The number of nitrogens with zero attached hydrogens (tertiary/aromatic N) is 4. The van der Waals surface area contributed by atoms with Gasteiger partial charge in [-0.15, -0.1) is 10.2 Å². The van der Waals surface area contributed by atoms with E-state index >= 15 is 0 Å². The Hall–Kier alpha value is -1.96. The van der Waals surface area contributed by atoms with E-state index in [1.54, 1.807) is 43.4 Å². The molecule has 0 saturated heterocycles. The molecular weight excluding hydrogens is 375 g/mol. The highest BCUT2D eigenvalue weighted by Crippen LogP contribution is 2.36. The molecule has 0 aliphatic carbocycles. The van der Waals surface area contributed by atoms with E-state index < -0.39 is 5.82 Å². The predicted molar refractivity (Wildman–Crippen MR) is 101 cm³/mol. The van der Waals surface area contributed by atoms with Crippen LogP contribution in [0.4, 0.5) is 4.39 Å². The van der Waals surface area contributed by atoms with E-state index in [4.69, 9.17) is 16.3 Å². The highest BCUT2D eigenvalue weighted by Gasteiger charge is 2.18. The molecule has 0 amide bonds. The molecule has 2 aromatic heterocycles. The first-order valence-electron chi connectivity index (χ1n) is 8.04. The number of ether oxygens (including phenoxy) is 1. The van der Waals surface area contributed by atoms with E-state index in [0.29, 0.717) is 13.2 Å². The number of hydrogen-bond donors (Lipinski definition) is 0. The molecule has 0 fully saturated rings. The lowest BCUT2D eigenvalue weighted by atomic mass is 10.2. The fraction of sp³-hybridized carbons (Fsp3) is 0.278. The van der Waals surface area contributed by atoms with E-state index in [2.05, 4.69) is 15.2 Å². The Morgan fingerprint density at radius 3 is 2.69 bits per heavy atom.